The van der Waals surface area contributed by atoms with Crippen molar-refractivity contribution < 1.29 is 14.3 Å². The Morgan fingerprint density at radius 2 is 2.12 bits per heavy atom. The van der Waals surface area contributed by atoms with Crippen molar-refractivity contribution in [3.8, 4) is 5.75 Å². The minimum Gasteiger partial charge on any atom is -0.497 e. The van der Waals surface area contributed by atoms with E-state index in [4.69, 9.17) is 16.3 Å². The van der Waals surface area contributed by atoms with Crippen LogP contribution in [0.15, 0.2) is 18.2 Å². The lowest BCUT2D eigenvalue weighted by molar-refractivity contribution is -0.143. The second kappa shape index (κ2) is 5.72. The second-order valence-electron chi connectivity index (χ2n) is 3.13. The summed E-state index contributed by atoms with van der Waals surface area (Å²) < 4.78 is 9.71. The summed E-state index contributed by atoms with van der Waals surface area (Å²) in [5.74, 6) is 0.267. The number of carbonyl (C=O) groups excluding carboxylic acids is 1. The van der Waals surface area contributed by atoms with Crippen LogP contribution in [-0.4, -0.2) is 27.2 Å². The molecule has 0 aliphatic rings. The minimum absolute atomic E-state index is 0.380. The van der Waals surface area contributed by atoms with E-state index in [1.165, 1.54) is 7.11 Å². The van der Waals surface area contributed by atoms with Gasteiger partial charge in [-0.25, -0.2) is 4.79 Å². The molecule has 4 nitrogen and oxygen atoms in total. The molecular weight excluding hydrogens is 230 g/mol. The normalized spacial score (nSPS) is 12.0. The Balaban J connectivity index is 3.06. The highest BCUT2D eigenvalue weighted by Gasteiger charge is 2.21. The Kier molecular flexibility index (Phi) is 4.58. The van der Waals surface area contributed by atoms with E-state index in [2.05, 4.69) is 10.1 Å². The van der Waals surface area contributed by atoms with Crippen molar-refractivity contribution in [2.75, 3.05) is 21.3 Å². The number of ether oxygens (including phenoxy) is 2. The molecule has 1 atom stereocenters. The van der Waals surface area contributed by atoms with Gasteiger partial charge in [-0.2, -0.15) is 0 Å². The summed E-state index contributed by atoms with van der Waals surface area (Å²) >= 11 is 6.05. The van der Waals surface area contributed by atoms with Crippen LogP contribution in [0.1, 0.15) is 11.6 Å². The van der Waals surface area contributed by atoms with Crippen LogP contribution in [0.25, 0.3) is 0 Å². The molecule has 0 aliphatic carbocycles. The van der Waals surface area contributed by atoms with E-state index in [-0.39, 0.29) is 5.97 Å². The molecule has 0 heterocycles. The molecule has 1 rings (SSSR count). The fourth-order valence-electron chi connectivity index (χ4n) is 1.39. The summed E-state index contributed by atoms with van der Waals surface area (Å²) in [4.78, 5) is 11.5. The predicted octanol–water partition coefficient (Wildman–Crippen LogP) is 1.78. The first-order valence-electron chi connectivity index (χ1n) is 4.72. The van der Waals surface area contributed by atoms with Gasteiger partial charge in [0.1, 0.15) is 11.8 Å². The van der Waals surface area contributed by atoms with E-state index in [0.29, 0.717) is 16.3 Å². The van der Waals surface area contributed by atoms with E-state index in [1.54, 1.807) is 32.4 Å². The molecule has 0 radical (unpaired) electrons. The molecule has 0 saturated heterocycles. The number of hydrogen-bond acceptors (Lipinski definition) is 4. The number of hydrogen-bond donors (Lipinski definition) is 1. The first kappa shape index (κ1) is 12.8. The zero-order chi connectivity index (χ0) is 12.1. The first-order chi connectivity index (χ1) is 7.63. The van der Waals surface area contributed by atoms with Gasteiger partial charge in [-0.3, -0.25) is 0 Å². The molecule has 1 unspecified atom stereocenters. The van der Waals surface area contributed by atoms with Gasteiger partial charge in [0.15, 0.2) is 0 Å². The number of nitrogens with one attached hydrogen (secondary N) is 1. The fraction of sp³-hybridized carbons (Fsp3) is 0.364. The summed E-state index contributed by atoms with van der Waals surface area (Å²) in [6, 6.07) is 4.57. The zero-order valence-electron chi connectivity index (χ0n) is 9.41. The third-order valence-corrected chi connectivity index (χ3v) is 2.57. The molecule has 0 aliphatic heterocycles. The topological polar surface area (TPSA) is 47.6 Å². The smallest absolute Gasteiger partial charge is 0.327 e. The number of methoxy groups -OCH3 is 2. The van der Waals surface area contributed by atoms with Crippen LogP contribution >= 0.6 is 11.6 Å². The average Bonchev–Trinajstić information content (AvgIpc) is 2.31. The second-order valence-corrected chi connectivity index (χ2v) is 3.54. The van der Waals surface area contributed by atoms with Gasteiger partial charge >= 0.3 is 5.97 Å². The monoisotopic (exact) mass is 243 g/mol. The summed E-state index contributed by atoms with van der Waals surface area (Å²) in [6.07, 6.45) is 0. The first-order valence-corrected chi connectivity index (χ1v) is 5.10. The molecule has 88 valence electrons. The lowest BCUT2D eigenvalue weighted by atomic mass is 10.1. The van der Waals surface area contributed by atoms with E-state index in [0.717, 1.165) is 0 Å². The highest BCUT2D eigenvalue weighted by Crippen LogP contribution is 2.27. The summed E-state index contributed by atoms with van der Waals surface area (Å²) in [6.45, 7) is 0. The van der Waals surface area contributed by atoms with Crippen LogP contribution in [0.4, 0.5) is 0 Å². The third kappa shape index (κ3) is 2.65. The highest BCUT2D eigenvalue weighted by molar-refractivity contribution is 6.31. The van der Waals surface area contributed by atoms with Gasteiger partial charge in [-0.1, -0.05) is 17.7 Å². The number of halogens is 1. The maximum atomic E-state index is 11.5. The van der Waals surface area contributed by atoms with Crippen molar-refractivity contribution in [3.63, 3.8) is 0 Å². The Bertz CT molecular complexity index is 381. The molecule has 16 heavy (non-hydrogen) atoms. The largest absolute Gasteiger partial charge is 0.497 e. The maximum absolute atomic E-state index is 11.5. The van der Waals surface area contributed by atoms with Crippen molar-refractivity contribution >= 4 is 17.6 Å². The molecule has 0 spiro atoms. The molecule has 5 heteroatoms. The summed E-state index contributed by atoms with van der Waals surface area (Å²) in [7, 11) is 4.56. The SMILES string of the molecule is CNC(C(=O)OC)c1ccc(OC)cc1Cl. The van der Waals surface area contributed by atoms with Crippen molar-refractivity contribution in [3.05, 3.63) is 28.8 Å². The van der Waals surface area contributed by atoms with Crippen LogP contribution in [0.2, 0.25) is 5.02 Å². The van der Waals surface area contributed by atoms with Crippen LogP contribution < -0.4 is 10.1 Å². The predicted molar refractivity (Wildman–Crippen MR) is 61.8 cm³/mol. The molecule has 1 N–H and O–H groups in total. The number of esters is 1. The van der Waals surface area contributed by atoms with Crippen LogP contribution in [0.3, 0.4) is 0 Å². The van der Waals surface area contributed by atoms with Crippen LogP contribution in [0, 0.1) is 0 Å². The van der Waals surface area contributed by atoms with Crippen molar-refractivity contribution in [2.24, 2.45) is 0 Å². The van der Waals surface area contributed by atoms with E-state index in [1.807, 2.05) is 0 Å². The summed E-state index contributed by atoms with van der Waals surface area (Å²) in [5, 5.41) is 3.31. The van der Waals surface area contributed by atoms with Crippen LogP contribution in [0.5, 0.6) is 5.75 Å². The number of likely N-dealkylation sites (N-methyl/N-ethyl adjacent to an activating group) is 1. The molecule has 0 fully saturated rings. The van der Waals surface area contributed by atoms with Gasteiger partial charge in [0.2, 0.25) is 0 Å². The zero-order valence-corrected chi connectivity index (χ0v) is 10.2. The Labute approximate surface area is 99.5 Å². The lowest BCUT2D eigenvalue weighted by Gasteiger charge is -2.15. The maximum Gasteiger partial charge on any atom is 0.327 e. The Hall–Kier alpha value is -1.26. The number of carbonyl (C=O) groups is 1. The molecular formula is C11H14ClNO3. The van der Waals surface area contributed by atoms with Gasteiger partial charge in [-0.05, 0) is 24.7 Å². The third-order valence-electron chi connectivity index (χ3n) is 2.24. The highest BCUT2D eigenvalue weighted by atomic mass is 35.5. The van der Waals surface area contributed by atoms with Crippen molar-refractivity contribution in [1.82, 2.24) is 5.32 Å². The van der Waals surface area contributed by atoms with Crippen LogP contribution in [-0.2, 0) is 9.53 Å². The molecule has 0 saturated carbocycles. The minimum atomic E-state index is -0.566. The van der Waals surface area contributed by atoms with Gasteiger partial charge < -0.3 is 14.8 Å². The van der Waals surface area contributed by atoms with E-state index in [9.17, 15) is 4.79 Å². The molecule has 0 aromatic heterocycles. The standard InChI is InChI=1S/C11H14ClNO3/c1-13-10(11(14)16-3)8-5-4-7(15-2)6-9(8)12/h4-6,10,13H,1-3H3. The van der Waals surface area contributed by atoms with Gasteiger partial charge in [-0.15, -0.1) is 0 Å². The van der Waals surface area contributed by atoms with Gasteiger partial charge in [0.25, 0.3) is 0 Å². The van der Waals surface area contributed by atoms with E-state index < -0.39 is 6.04 Å². The van der Waals surface area contributed by atoms with Crippen molar-refractivity contribution in [2.45, 2.75) is 6.04 Å². The number of rotatable bonds is 4. The lowest BCUT2D eigenvalue weighted by Crippen LogP contribution is -2.26. The Morgan fingerprint density at radius 1 is 1.44 bits per heavy atom. The average molecular weight is 244 g/mol. The van der Waals surface area contributed by atoms with Gasteiger partial charge in [0, 0.05) is 5.02 Å². The molecule has 0 amide bonds. The Morgan fingerprint density at radius 3 is 2.56 bits per heavy atom. The molecule has 0 bridgehead atoms. The van der Waals surface area contributed by atoms with Crippen molar-refractivity contribution in [1.29, 1.82) is 0 Å². The number of benzene rings is 1. The summed E-state index contributed by atoms with van der Waals surface area (Å²) in [5.41, 5.74) is 0.664. The molecule has 1 aromatic rings. The molecule has 1 aromatic carbocycles. The van der Waals surface area contributed by atoms with E-state index >= 15 is 0 Å². The fourth-order valence-corrected chi connectivity index (χ4v) is 1.67. The van der Waals surface area contributed by atoms with Gasteiger partial charge in [0.05, 0.1) is 14.2 Å². The quantitative estimate of drug-likeness (QED) is 0.819.